The molecule has 0 bridgehead atoms. The molecule has 4 nitrogen and oxygen atoms in total. The predicted octanol–water partition coefficient (Wildman–Crippen LogP) is 3.80. The van der Waals surface area contributed by atoms with E-state index in [1.807, 2.05) is 41.3 Å². The van der Waals surface area contributed by atoms with Crippen LogP contribution >= 0.6 is 0 Å². The van der Waals surface area contributed by atoms with Crippen molar-refractivity contribution in [2.75, 3.05) is 13.1 Å². The predicted molar refractivity (Wildman–Crippen MR) is 110 cm³/mol. The molecule has 0 spiro atoms. The van der Waals surface area contributed by atoms with Crippen molar-refractivity contribution in [3.05, 3.63) is 71.5 Å². The molecule has 1 N–H and O–H groups in total. The molecule has 2 aliphatic rings. The van der Waals surface area contributed by atoms with Crippen LogP contribution in [0.1, 0.15) is 43.2 Å². The molecular formula is C24H27FN2O2. The number of nitrogens with zero attached hydrogens (tertiary/aromatic N) is 1. The Labute approximate surface area is 171 Å². The molecule has 1 saturated heterocycles. The molecule has 1 aliphatic carbocycles. The molecule has 4 rings (SSSR count). The van der Waals surface area contributed by atoms with Crippen LogP contribution in [0.25, 0.3) is 0 Å². The lowest BCUT2D eigenvalue weighted by Crippen LogP contribution is -2.53. The summed E-state index contributed by atoms with van der Waals surface area (Å²) >= 11 is 0. The number of nitrogens with one attached hydrogen (secondary N) is 1. The largest absolute Gasteiger partial charge is 0.352 e. The quantitative estimate of drug-likeness (QED) is 0.839. The molecule has 0 unspecified atom stereocenters. The number of likely N-dealkylation sites (tertiary alicyclic amines) is 1. The zero-order valence-corrected chi connectivity index (χ0v) is 16.6. The summed E-state index contributed by atoms with van der Waals surface area (Å²) in [6.07, 6.45) is 3.87. The molecule has 0 radical (unpaired) electrons. The van der Waals surface area contributed by atoms with Gasteiger partial charge in [0.05, 0.1) is 5.41 Å². The summed E-state index contributed by atoms with van der Waals surface area (Å²) in [5, 5.41) is 3.01. The van der Waals surface area contributed by atoms with Crippen LogP contribution < -0.4 is 5.32 Å². The van der Waals surface area contributed by atoms with Crippen molar-refractivity contribution in [2.24, 2.45) is 5.92 Å². The molecule has 5 heteroatoms. The first-order chi connectivity index (χ1) is 14.1. The lowest BCUT2D eigenvalue weighted by atomic mass is 9.63. The molecule has 0 atom stereocenters. The van der Waals surface area contributed by atoms with E-state index in [1.165, 1.54) is 12.1 Å². The lowest BCUT2D eigenvalue weighted by Gasteiger charge is -2.45. The number of benzene rings is 2. The fraction of sp³-hybridized carbons (Fsp3) is 0.417. The van der Waals surface area contributed by atoms with E-state index in [2.05, 4.69) is 5.32 Å². The average molecular weight is 394 g/mol. The third-order valence-electron chi connectivity index (χ3n) is 6.46. The highest BCUT2D eigenvalue weighted by molar-refractivity contribution is 5.89. The molecule has 1 saturated carbocycles. The van der Waals surface area contributed by atoms with Crippen molar-refractivity contribution >= 4 is 11.8 Å². The molecule has 152 valence electrons. The monoisotopic (exact) mass is 394 g/mol. The standard InChI is InChI=1S/C24H27FN2O2/c25-21-9-4-8-20(16-21)24(12-5-13-24)23(29)27-14-10-19(11-15-27)22(28)26-17-18-6-2-1-3-7-18/h1-4,6-9,16,19H,5,10-15,17H2,(H,26,28). The Morgan fingerprint density at radius 2 is 1.76 bits per heavy atom. The Hall–Kier alpha value is -2.69. The van der Waals surface area contributed by atoms with Crippen LogP contribution in [0.3, 0.4) is 0 Å². The molecule has 2 aromatic carbocycles. The Morgan fingerprint density at radius 1 is 1.03 bits per heavy atom. The minimum absolute atomic E-state index is 0.0597. The molecular weight excluding hydrogens is 367 g/mol. The Balaban J connectivity index is 1.34. The average Bonchev–Trinajstić information content (AvgIpc) is 2.72. The number of amides is 2. The molecule has 2 amide bonds. The van der Waals surface area contributed by atoms with Gasteiger partial charge in [-0.25, -0.2) is 4.39 Å². The van der Waals surface area contributed by atoms with Crippen molar-refractivity contribution in [3.8, 4) is 0 Å². The van der Waals surface area contributed by atoms with Crippen LogP contribution in [0.15, 0.2) is 54.6 Å². The van der Waals surface area contributed by atoms with Crippen LogP contribution in [-0.2, 0) is 21.5 Å². The summed E-state index contributed by atoms with van der Waals surface area (Å²) in [5.41, 5.74) is 1.29. The van der Waals surface area contributed by atoms with Crippen LogP contribution in [0.5, 0.6) is 0 Å². The molecule has 2 aromatic rings. The minimum Gasteiger partial charge on any atom is -0.352 e. The van der Waals surface area contributed by atoms with Crippen molar-refractivity contribution < 1.29 is 14.0 Å². The Kier molecular flexibility index (Phi) is 5.65. The molecule has 2 fully saturated rings. The molecule has 1 aliphatic heterocycles. The number of hydrogen-bond acceptors (Lipinski definition) is 2. The van der Waals surface area contributed by atoms with E-state index in [0.29, 0.717) is 32.5 Å². The summed E-state index contributed by atoms with van der Waals surface area (Å²) in [6, 6.07) is 16.3. The van der Waals surface area contributed by atoms with E-state index >= 15 is 0 Å². The third kappa shape index (κ3) is 4.04. The van der Waals surface area contributed by atoms with E-state index in [-0.39, 0.29) is 23.5 Å². The van der Waals surface area contributed by atoms with Gasteiger partial charge >= 0.3 is 0 Å². The number of rotatable bonds is 5. The SMILES string of the molecule is O=C(NCc1ccccc1)C1CCN(C(=O)C2(c3cccc(F)c3)CCC2)CC1. The van der Waals surface area contributed by atoms with E-state index in [1.54, 1.807) is 6.07 Å². The molecule has 0 aromatic heterocycles. The van der Waals surface area contributed by atoms with Gasteiger partial charge in [0.25, 0.3) is 0 Å². The second-order valence-corrected chi connectivity index (χ2v) is 8.22. The van der Waals surface area contributed by atoms with E-state index < -0.39 is 5.41 Å². The fourth-order valence-corrected chi connectivity index (χ4v) is 4.52. The van der Waals surface area contributed by atoms with Crippen molar-refractivity contribution in [3.63, 3.8) is 0 Å². The maximum absolute atomic E-state index is 13.7. The summed E-state index contributed by atoms with van der Waals surface area (Å²) in [5.74, 6) is -0.202. The zero-order chi connectivity index (χ0) is 20.3. The Bertz CT molecular complexity index is 871. The van der Waals surface area contributed by atoms with Gasteiger partial charge in [0.15, 0.2) is 0 Å². The number of carbonyl (C=O) groups excluding carboxylic acids is 2. The first-order valence-electron chi connectivity index (χ1n) is 10.5. The number of piperidine rings is 1. The van der Waals surface area contributed by atoms with Crippen LogP contribution in [0.4, 0.5) is 4.39 Å². The summed E-state index contributed by atoms with van der Waals surface area (Å²) in [6.45, 7) is 1.69. The molecule has 29 heavy (non-hydrogen) atoms. The number of halogens is 1. The van der Waals surface area contributed by atoms with Crippen LogP contribution in [0, 0.1) is 11.7 Å². The summed E-state index contributed by atoms with van der Waals surface area (Å²) in [4.78, 5) is 27.7. The van der Waals surface area contributed by atoms with E-state index in [9.17, 15) is 14.0 Å². The van der Waals surface area contributed by atoms with Gasteiger partial charge in [0, 0.05) is 25.6 Å². The van der Waals surface area contributed by atoms with Crippen molar-refractivity contribution in [1.29, 1.82) is 0 Å². The second-order valence-electron chi connectivity index (χ2n) is 8.22. The normalized spacial score (nSPS) is 18.7. The maximum Gasteiger partial charge on any atom is 0.233 e. The topological polar surface area (TPSA) is 49.4 Å². The maximum atomic E-state index is 13.7. The number of carbonyl (C=O) groups is 2. The Morgan fingerprint density at radius 3 is 2.38 bits per heavy atom. The molecule has 1 heterocycles. The van der Waals surface area contributed by atoms with Gasteiger partial charge in [-0.15, -0.1) is 0 Å². The lowest BCUT2D eigenvalue weighted by molar-refractivity contribution is -0.144. The van der Waals surface area contributed by atoms with Crippen LogP contribution in [0.2, 0.25) is 0 Å². The highest BCUT2D eigenvalue weighted by atomic mass is 19.1. The summed E-state index contributed by atoms with van der Waals surface area (Å²) in [7, 11) is 0. The van der Waals surface area contributed by atoms with Gasteiger partial charge in [-0.3, -0.25) is 9.59 Å². The number of hydrogen-bond donors (Lipinski definition) is 1. The van der Waals surface area contributed by atoms with Gasteiger partial charge in [0.1, 0.15) is 5.82 Å². The van der Waals surface area contributed by atoms with Gasteiger partial charge in [0.2, 0.25) is 11.8 Å². The van der Waals surface area contributed by atoms with Crippen molar-refractivity contribution in [2.45, 2.75) is 44.1 Å². The highest BCUT2D eigenvalue weighted by Gasteiger charge is 2.48. The van der Waals surface area contributed by atoms with Crippen molar-refractivity contribution in [1.82, 2.24) is 10.2 Å². The van der Waals surface area contributed by atoms with Crippen LogP contribution in [-0.4, -0.2) is 29.8 Å². The smallest absolute Gasteiger partial charge is 0.233 e. The fourth-order valence-electron chi connectivity index (χ4n) is 4.52. The third-order valence-corrected chi connectivity index (χ3v) is 6.46. The summed E-state index contributed by atoms with van der Waals surface area (Å²) < 4.78 is 13.7. The van der Waals surface area contributed by atoms with Gasteiger partial charge in [-0.1, -0.05) is 48.9 Å². The zero-order valence-electron chi connectivity index (χ0n) is 16.6. The second kappa shape index (κ2) is 8.36. The minimum atomic E-state index is -0.579. The first-order valence-corrected chi connectivity index (χ1v) is 10.5. The first kappa shape index (κ1) is 19.6. The van der Waals surface area contributed by atoms with Gasteiger partial charge < -0.3 is 10.2 Å². The van der Waals surface area contributed by atoms with Gasteiger partial charge in [-0.2, -0.15) is 0 Å². The van der Waals surface area contributed by atoms with E-state index in [4.69, 9.17) is 0 Å². The van der Waals surface area contributed by atoms with Gasteiger partial charge in [-0.05, 0) is 48.9 Å². The highest BCUT2D eigenvalue weighted by Crippen LogP contribution is 2.45. The van der Waals surface area contributed by atoms with E-state index in [0.717, 1.165) is 30.4 Å².